The van der Waals surface area contributed by atoms with E-state index in [0.29, 0.717) is 12.6 Å². The molecule has 0 aromatic heterocycles. The molecule has 0 aromatic rings. The molecule has 3 atom stereocenters. The van der Waals surface area contributed by atoms with Crippen molar-refractivity contribution in [2.75, 3.05) is 20.3 Å². The molecule has 4 heteroatoms. The molecule has 1 aliphatic rings. The Morgan fingerprint density at radius 3 is 2.82 bits per heavy atom. The number of likely N-dealkylation sites (tertiary alicyclic amines) is 1. The molecule has 0 aromatic carbocycles. The van der Waals surface area contributed by atoms with Gasteiger partial charge in [-0.3, -0.25) is 0 Å². The molecular formula is C13H26N2O2. The largest absolute Gasteiger partial charge is 0.385 e. The predicted octanol–water partition coefficient (Wildman–Crippen LogP) is 2.24. The Balaban J connectivity index is 2.36. The third-order valence-corrected chi connectivity index (χ3v) is 3.52. The molecule has 1 aliphatic heterocycles. The van der Waals surface area contributed by atoms with Gasteiger partial charge in [-0.2, -0.15) is 0 Å². The number of ether oxygens (including phenoxy) is 1. The second-order valence-electron chi connectivity index (χ2n) is 5.30. The zero-order chi connectivity index (χ0) is 12.8. The number of methoxy groups -OCH3 is 1. The number of rotatable bonds is 4. The van der Waals surface area contributed by atoms with Crippen LogP contribution >= 0.6 is 0 Å². The summed E-state index contributed by atoms with van der Waals surface area (Å²) in [5.41, 5.74) is 0. The van der Waals surface area contributed by atoms with Gasteiger partial charge in [-0.25, -0.2) is 4.79 Å². The van der Waals surface area contributed by atoms with Gasteiger partial charge in [0.1, 0.15) is 0 Å². The number of nitrogens with zero attached hydrogens (tertiary/aromatic N) is 1. The molecule has 1 heterocycles. The van der Waals surface area contributed by atoms with Crippen LogP contribution in [-0.4, -0.2) is 43.3 Å². The van der Waals surface area contributed by atoms with Crippen molar-refractivity contribution in [3.8, 4) is 0 Å². The van der Waals surface area contributed by atoms with Crippen LogP contribution in [0.1, 0.15) is 40.0 Å². The van der Waals surface area contributed by atoms with E-state index in [9.17, 15) is 4.79 Å². The van der Waals surface area contributed by atoms with E-state index in [2.05, 4.69) is 19.2 Å². The molecule has 1 fully saturated rings. The van der Waals surface area contributed by atoms with Crippen LogP contribution in [0.15, 0.2) is 0 Å². The first-order valence-electron chi connectivity index (χ1n) is 6.60. The van der Waals surface area contributed by atoms with Crippen LogP contribution in [0.25, 0.3) is 0 Å². The maximum atomic E-state index is 12.1. The third-order valence-electron chi connectivity index (χ3n) is 3.52. The van der Waals surface area contributed by atoms with Crippen molar-refractivity contribution in [2.45, 2.75) is 52.1 Å². The van der Waals surface area contributed by atoms with E-state index < -0.39 is 0 Å². The van der Waals surface area contributed by atoms with Gasteiger partial charge >= 0.3 is 6.03 Å². The lowest BCUT2D eigenvalue weighted by Crippen LogP contribution is -2.51. The number of piperidine rings is 1. The van der Waals surface area contributed by atoms with Crippen molar-refractivity contribution in [3.63, 3.8) is 0 Å². The van der Waals surface area contributed by atoms with Crippen LogP contribution in [0.2, 0.25) is 0 Å². The molecule has 0 aliphatic carbocycles. The number of urea groups is 1. The number of hydrogen-bond acceptors (Lipinski definition) is 2. The van der Waals surface area contributed by atoms with Crippen LogP contribution < -0.4 is 5.32 Å². The first kappa shape index (κ1) is 14.3. The lowest BCUT2D eigenvalue weighted by molar-refractivity contribution is 0.134. The van der Waals surface area contributed by atoms with E-state index in [1.54, 1.807) is 7.11 Å². The molecule has 4 nitrogen and oxygen atoms in total. The van der Waals surface area contributed by atoms with Crippen LogP contribution in [-0.2, 0) is 4.74 Å². The summed E-state index contributed by atoms with van der Waals surface area (Å²) in [4.78, 5) is 14.0. The van der Waals surface area contributed by atoms with Gasteiger partial charge in [-0.05, 0) is 39.0 Å². The fourth-order valence-electron chi connectivity index (χ4n) is 2.37. The van der Waals surface area contributed by atoms with Gasteiger partial charge in [0.2, 0.25) is 0 Å². The summed E-state index contributed by atoms with van der Waals surface area (Å²) in [6.45, 7) is 7.98. The summed E-state index contributed by atoms with van der Waals surface area (Å²) in [5.74, 6) is 0.736. The topological polar surface area (TPSA) is 41.6 Å². The molecule has 0 spiro atoms. The summed E-state index contributed by atoms with van der Waals surface area (Å²) in [5, 5.41) is 3.04. The summed E-state index contributed by atoms with van der Waals surface area (Å²) < 4.78 is 5.01. The fourth-order valence-corrected chi connectivity index (χ4v) is 2.37. The van der Waals surface area contributed by atoms with Gasteiger partial charge in [0, 0.05) is 32.3 Å². The highest BCUT2D eigenvalue weighted by atomic mass is 16.5. The van der Waals surface area contributed by atoms with Gasteiger partial charge in [0.15, 0.2) is 0 Å². The maximum Gasteiger partial charge on any atom is 0.317 e. The highest BCUT2D eigenvalue weighted by Crippen LogP contribution is 2.21. The van der Waals surface area contributed by atoms with Gasteiger partial charge in [-0.1, -0.05) is 6.92 Å². The Labute approximate surface area is 105 Å². The van der Waals surface area contributed by atoms with Crippen molar-refractivity contribution in [3.05, 3.63) is 0 Å². The Morgan fingerprint density at radius 2 is 2.24 bits per heavy atom. The lowest BCUT2D eigenvalue weighted by atomic mass is 9.94. The lowest BCUT2D eigenvalue weighted by Gasteiger charge is -2.37. The molecule has 1 N–H and O–H groups in total. The standard InChI is InChI=1S/C13H26N2O2/c1-10-5-7-15(12(3)9-10)13(16)14-11(2)6-8-17-4/h10-12H,5-9H2,1-4H3,(H,14,16)/t10-,11-,12-/m0/s1. The fraction of sp³-hybridized carbons (Fsp3) is 0.923. The zero-order valence-corrected chi connectivity index (χ0v) is 11.5. The van der Waals surface area contributed by atoms with Crippen molar-refractivity contribution >= 4 is 6.03 Å². The molecule has 2 amide bonds. The minimum Gasteiger partial charge on any atom is -0.385 e. The quantitative estimate of drug-likeness (QED) is 0.821. The second-order valence-corrected chi connectivity index (χ2v) is 5.30. The minimum absolute atomic E-state index is 0.0769. The van der Waals surface area contributed by atoms with Crippen LogP contribution in [0, 0.1) is 5.92 Å². The molecule has 0 unspecified atom stereocenters. The third kappa shape index (κ3) is 4.54. The summed E-state index contributed by atoms with van der Waals surface area (Å²) in [6, 6.07) is 0.607. The van der Waals surface area contributed by atoms with E-state index in [1.807, 2.05) is 11.8 Å². The zero-order valence-electron chi connectivity index (χ0n) is 11.5. The Kier molecular flexibility index (Phi) is 5.75. The number of hydrogen-bond donors (Lipinski definition) is 1. The van der Waals surface area contributed by atoms with Gasteiger partial charge < -0.3 is 15.0 Å². The summed E-state index contributed by atoms with van der Waals surface area (Å²) in [7, 11) is 1.68. The monoisotopic (exact) mass is 242 g/mol. The highest BCUT2D eigenvalue weighted by molar-refractivity contribution is 5.74. The average molecular weight is 242 g/mol. The van der Waals surface area contributed by atoms with Gasteiger partial charge in [0.25, 0.3) is 0 Å². The number of nitrogens with one attached hydrogen (secondary N) is 1. The van der Waals surface area contributed by atoms with Crippen LogP contribution in [0.4, 0.5) is 4.79 Å². The Hall–Kier alpha value is -0.770. The molecular weight excluding hydrogens is 216 g/mol. The van der Waals surface area contributed by atoms with E-state index in [4.69, 9.17) is 4.74 Å². The van der Waals surface area contributed by atoms with Crippen molar-refractivity contribution in [2.24, 2.45) is 5.92 Å². The molecule has 1 saturated heterocycles. The molecule has 100 valence electrons. The van der Waals surface area contributed by atoms with E-state index in [-0.39, 0.29) is 12.1 Å². The van der Waals surface area contributed by atoms with Crippen molar-refractivity contribution in [1.29, 1.82) is 0 Å². The SMILES string of the molecule is COCC[C@H](C)NC(=O)N1CC[C@H](C)C[C@@H]1C. The predicted molar refractivity (Wildman–Crippen MR) is 69.1 cm³/mol. The van der Waals surface area contributed by atoms with Gasteiger partial charge in [-0.15, -0.1) is 0 Å². The molecule has 17 heavy (non-hydrogen) atoms. The Morgan fingerprint density at radius 1 is 1.53 bits per heavy atom. The smallest absolute Gasteiger partial charge is 0.317 e. The first-order valence-corrected chi connectivity index (χ1v) is 6.60. The van der Waals surface area contributed by atoms with Crippen molar-refractivity contribution in [1.82, 2.24) is 10.2 Å². The average Bonchev–Trinajstić information content (AvgIpc) is 2.26. The minimum atomic E-state index is 0.0769. The summed E-state index contributed by atoms with van der Waals surface area (Å²) in [6.07, 6.45) is 3.09. The molecule has 0 radical (unpaired) electrons. The first-order chi connectivity index (χ1) is 8.04. The van der Waals surface area contributed by atoms with Crippen molar-refractivity contribution < 1.29 is 9.53 Å². The second kappa shape index (κ2) is 6.84. The molecule has 0 bridgehead atoms. The van der Waals surface area contributed by atoms with Gasteiger partial charge in [0.05, 0.1) is 0 Å². The van der Waals surface area contributed by atoms with E-state index >= 15 is 0 Å². The Bertz CT molecular complexity index is 246. The van der Waals surface area contributed by atoms with Crippen LogP contribution in [0.3, 0.4) is 0 Å². The van der Waals surface area contributed by atoms with E-state index in [0.717, 1.165) is 31.7 Å². The number of amides is 2. The highest BCUT2D eigenvalue weighted by Gasteiger charge is 2.27. The molecule has 0 saturated carbocycles. The summed E-state index contributed by atoms with van der Waals surface area (Å²) >= 11 is 0. The number of carbonyl (C=O) groups is 1. The molecule has 1 rings (SSSR count). The maximum absolute atomic E-state index is 12.1. The normalized spacial score (nSPS) is 26.7. The van der Waals surface area contributed by atoms with Crippen LogP contribution in [0.5, 0.6) is 0 Å². The number of carbonyl (C=O) groups excluding carboxylic acids is 1. The van der Waals surface area contributed by atoms with E-state index in [1.165, 1.54) is 0 Å².